The molecule has 0 aromatic heterocycles. The van der Waals surface area contributed by atoms with Gasteiger partial charge in [-0.25, -0.2) is 13.2 Å². The van der Waals surface area contributed by atoms with Gasteiger partial charge in [0.1, 0.15) is 5.82 Å². The zero-order chi connectivity index (χ0) is 13.3. The molecule has 2 unspecified atom stereocenters. The van der Waals surface area contributed by atoms with Crippen molar-refractivity contribution in [1.29, 1.82) is 0 Å². The molecule has 100 valence electrons. The van der Waals surface area contributed by atoms with Crippen LogP contribution >= 0.6 is 0 Å². The topological polar surface area (TPSA) is 29.3 Å². The second kappa shape index (κ2) is 5.28. The van der Waals surface area contributed by atoms with Gasteiger partial charge in [-0.05, 0) is 25.8 Å². The van der Waals surface area contributed by atoms with E-state index in [0.29, 0.717) is 6.07 Å². The zero-order valence-corrected chi connectivity index (χ0v) is 10.3. The molecule has 0 amide bonds. The van der Waals surface area contributed by atoms with E-state index < -0.39 is 17.5 Å². The van der Waals surface area contributed by atoms with E-state index in [4.69, 9.17) is 5.73 Å². The molecule has 0 bridgehead atoms. The maximum atomic E-state index is 13.5. The van der Waals surface area contributed by atoms with E-state index in [2.05, 4.69) is 0 Å². The molecule has 1 saturated heterocycles. The van der Waals surface area contributed by atoms with Crippen LogP contribution in [-0.4, -0.2) is 23.5 Å². The fourth-order valence-corrected chi connectivity index (χ4v) is 2.40. The molecule has 2 rings (SSSR count). The number of nitrogens with two attached hydrogens (primary N) is 1. The Labute approximate surface area is 105 Å². The lowest BCUT2D eigenvalue weighted by Gasteiger charge is -2.36. The van der Waals surface area contributed by atoms with Crippen molar-refractivity contribution in [2.75, 3.05) is 6.54 Å². The van der Waals surface area contributed by atoms with E-state index in [1.165, 1.54) is 0 Å². The minimum atomic E-state index is -1.15. The molecule has 5 heteroatoms. The van der Waals surface area contributed by atoms with Crippen molar-refractivity contribution in [2.24, 2.45) is 5.73 Å². The number of rotatable bonds is 2. The van der Waals surface area contributed by atoms with E-state index >= 15 is 0 Å². The Morgan fingerprint density at radius 3 is 2.56 bits per heavy atom. The Bertz CT molecular complexity index is 436. The molecule has 1 aliphatic rings. The van der Waals surface area contributed by atoms with Gasteiger partial charge in [0.05, 0.1) is 0 Å². The summed E-state index contributed by atoms with van der Waals surface area (Å²) in [5.74, 6) is -2.85. The van der Waals surface area contributed by atoms with Crippen LogP contribution in [-0.2, 0) is 6.54 Å². The first-order valence-electron chi connectivity index (χ1n) is 6.10. The molecule has 0 aliphatic carbocycles. The monoisotopic (exact) mass is 258 g/mol. The highest BCUT2D eigenvalue weighted by atomic mass is 19.2. The maximum Gasteiger partial charge on any atom is 0.161 e. The van der Waals surface area contributed by atoms with Crippen molar-refractivity contribution in [3.8, 4) is 0 Å². The fourth-order valence-electron chi connectivity index (χ4n) is 2.40. The predicted octanol–water partition coefficient (Wildman–Crippen LogP) is 2.42. The lowest BCUT2D eigenvalue weighted by atomic mass is 9.98. The molecule has 1 aliphatic heterocycles. The van der Waals surface area contributed by atoms with Gasteiger partial charge in [-0.15, -0.1) is 0 Å². The summed E-state index contributed by atoms with van der Waals surface area (Å²) in [6.07, 6.45) is 1.68. The average molecular weight is 258 g/mol. The molecule has 0 spiro atoms. The van der Waals surface area contributed by atoms with E-state index in [0.717, 1.165) is 25.5 Å². The third kappa shape index (κ3) is 2.84. The van der Waals surface area contributed by atoms with Gasteiger partial charge in [0, 0.05) is 36.8 Å². The van der Waals surface area contributed by atoms with Crippen LogP contribution in [0, 0.1) is 17.5 Å². The van der Waals surface area contributed by atoms with Crippen LogP contribution in [0.2, 0.25) is 0 Å². The largest absolute Gasteiger partial charge is 0.328 e. The van der Waals surface area contributed by atoms with E-state index in [1.807, 2.05) is 11.8 Å². The number of nitrogens with zero attached hydrogens (tertiary/aromatic N) is 1. The van der Waals surface area contributed by atoms with Gasteiger partial charge in [0.15, 0.2) is 11.6 Å². The first-order valence-corrected chi connectivity index (χ1v) is 6.10. The van der Waals surface area contributed by atoms with Gasteiger partial charge in [-0.3, -0.25) is 4.90 Å². The van der Waals surface area contributed by atoms with E-state index in [9.17, 15) is 13.2 Å². The van der Waals surface area contributed by atoms with Crippen LogP contribution < -0.4 is 5.73 Å². The Morgan fingerprint density at radius 1 is 1.22 bits per heavy atom. The van der Waals surface area contributed by atoms with Gasteiger partial charge in [0.25, 0.3) is 0 Å². The first kappa shape index (κ1) is 13.4. The van der Waals surface area contributed by atoms with E-state index in [1.54, 1.807) is 0 Å². The molecular weight excluding hydrogens is 241 g/mol. The van der Waals surface area contributed by atoms with Gasteiger partial charge >= 0.3 is 0 Å². The zero-order valence-electron chi connectivity index (χ0n) is 10.3. The quantitative estimate of drug-likeness (QED) is 0.825. The van der Waals surface area contributed by atoms with Crippen LogP contribution in [0.1, 0.15) is 25.3 Å². The van der Waals surface area contributed by atoms with Gasteiger partial charge in [-0.2, -0.15) is 0 Å². The fraction of sp³-hybridized carbons (Fsp3) is 0.538. The Kier molecular flexibility index (Phi) is 3.92. The van der Waals surface area contributed by atoms with Crippen LogP contribution in [0.5, 0.6) is 0 Å². The molecule has 2 N–H and O–H groups in total. The van der Waals surface area contributed by atoms with Crippen LogP contribution in [0.25, 0.3) is 0 Å². The Morgan fingerprint density at radius 2 is 1.89 bits per heavy atom. The molecule has 2 atom stereocenters. The summed E-state index contributed by atoms with van der Waals surface area (Å²) in [6.45, 7) is 3.05. The SMILES string of the molecule is CC1CC(N)CCN1Cc1cc(F)c(F)cc1F. The van der Waals surface area contributed by atoms with Crippen LogP contribution in [0.4, 0.5) is 13.2 Å². The molecular formula is C13H17F3N2. The highest BCUT2D eigenvalue weighted by Gasteiger charge is 2.24. The van der Waals surface area contributed by atoms with E-state index in [-0.39, 0.29) is 24.2 Å². The molecule has 0 radical (unpaired) electrons. The number of halogens is 3. The lowest BCUT2D eigenvalue weighted by molar-refractivity contribution is 0.138. The summed E-state index contributed by atoms with van der Waals surface area (Å²) in [4.78, 5) is 2.04. The van der Waals surface area contributed by atoms with Crippen molar-refractivity contribution in [3.63, 3.8) is 0 Å². The average Bonchev–Trinajstić information content (AvgIpc) is 2.29. The molecule has 18 heavy (non-hydrogen) atoms. The van der Waals surface area contributed by atoms with Gasteiger partial charge in [-0.1, -0.05) is 0 Å². The number of hydrogen-bond donors (Lipinski definition) is 1. The van der Waals surface area contributed by atoms with Crippen molar-refractivity contribution in [3.05, 3.63) is 35.1 Å². The van der Waals surface area contributed by atoms with Crippen molar-refractivity contribution < 1.29 is 13.2 Å². The number of hydrogen-bond acceptors (Lipinski definition) is 2. The number of benzene rings is 1. The van der Waals surface area contributed by atoms with Gasteiger partial charge < -0.3 is 5.73 Å². The second-order valence-corrected chi connectivity index (χ2v) is 4.96. The summed E-state index contributed by atoms with van der Waals surface area (Å²) in [5.41, 5.74) is 6.04. The maximum absolute atomic E-state index is 13.5. The van der Waals surface area contributed by atoms with Crippen LogP contribution in [0.15, 0.2) is 12.1 Å². The van der Waals surface area contributed by atoms with Crippen molar-refractivity contribution in [1.82, 2.24) is 4.90 Å². The van der Waals surface area contributed by atoms with Crippen LogP contribution in [0.3, 0.4) is 0 Å². The minimum Gasteiger partial charge on any atom is -0.328 e. The molecule has 1 aromatic rings. The summed E-state index contributed by atoms with van der Waals surface area (Å²) in [7, 11) is 0. The number of piperidine rings is 1. The predicted molar refractivity (Wildman–Crippen MR) is 63.4 cm³/mol. The molecule has 0 saturated carbocycles. The molecule has 2 nitrogen and oxygen atoms in total. The normalized spacial score (nSPS) is 25.4. The summed E-state index contributed by atoms with van der Waals surface area (Å²) < 4.78 is 39.4. The van der Waals surface area contributed by atoms with Crippen molar-refractivity contribution >= 4 is 0 Å². The summed E-state index contributed by atoms with van der Waals surface area (Å²) in [5, 5.41) is 0. The summed E-state index contributed by atoms with van der Waals surface area (Å²) >= 11 is 0. The highest BCUT2D eigenvalue weighted by molar-refractivity contribution is 5.20. The summed E-state index contributed by atoms with van der Waals surface area (Å²) in [6, 6.07) is 1.93. The third-order valence-corrected chi connectivity index (χ3v) is 3.52. The Hall–Kier alpha value is -1.07. The third-order valence-electron chi connectivity index (χ3n) is 3.52. The molecule has 1 fully saturated rings. The molecule has 1 aromatic carbocycles. The lowest BCUT2D eigenvalue weighted by Crippen LogP contribution is -2.45. The first-order chi connectivity index (χ1) is 8.47. The number of likely N-dealkylation sites (tertiary alicyclic amines) is 1. The highest BCUT2D eigenvalue weighted by Crippen LogP contribution is 2.21. The smallest absolute Gasteiger partial charge is 0.161 e. The Balaban J connectivity index is 2.12. The van der Waals surface area contributed by atoms with Gasteiger partial charge in [0.2, 0.25) is 0 Å². The molecule has 1 heterocycles. The van der Waals surface area contributed by atoms with Crippen molar-refractivity contribution in [2.45, 2.75) is 38.4 Å². The second-order valence-electron chi connectivity index (χ2n) is 4.96. The standard InChI is InChI=1S/C13H17F3N2/c1-8-4-10(17)2-3-18(8)7-9-5-12(15)13(16)6-11(9)14/h5-6,8,10H,2-4,7,17H2,1H3. The minimum absolute atomic E-state index is 0.172.